The Kier molecular flexibility index (Phi) is 3.67. The molecule has 4 heteroatoms. The number of anilines is 1. The van der Waals surface area contributed by atoms with Crippen molar-refractivity contribution < 1.29 is 13.6 Å². The van der Waals surface area contributed by atoms with E-state index in [9.17, 15) is 13.6 Å². The average Bonchev–Trinajstić information content (AvgIpc) is 2.40. The molecule has 0 saturated carbocycles. The summed E-state index contributed by atoms with van der Waals surface area (Å²) in [4.78, 5) is 10.8. The first kappa shape index (κ1) is 12.2. The van der Waals surface area contributed by atoms with Crippen LogP contribution in [0.3, 0.4) is 0 Å². The maximum atomic E-state index is 12.0. The van der Waals surface area contributed by atoms with Gasteiger partial charge in [-0.05, 0) is 23.3 Å². The van der Waals surface area contributed by atoms with Crippen LogP contribution in [0.1, 0.15) is 0 Å². The number of benzene rings is 2. The van der Waals surface area contributed by atoms with Crippen LogP contribution in [-0.4, -0.2) is 12.3 Å². The summed E-state index contributed by atoms with van der Waals surface area (Å²) in [5.41, 5.74) is 2.36. The second-order valence-corrected chi connectivity index (χ2v) is 3.73. The zero-order chi connectivity index (χ0) is 13.0. The molecule has 18 heavy (non-hydrogen) atoms. The van der Waals surface area contributed by atoms with Crippen molar-refractivity contribution in [3.05, 3.63) is 54.6 Å². The Morgan fingerprint density at radius 1 is 0.889 bits per heavy atom. The van der Waals surface area contributed by atoms with Crippen molar-refractivity contribution in [1.29, 1.82) is 0 Å². The number of amides is 1. The van der Waals surface area contributed by atoms with Gasteiger partial charge in [0.15, 0.2) is 0 Å². The highest BCUT2D eigenvalue weighted by atomic mass is 19.3. The Labute approximate surface area is 103 Å². The summed E-state index contributed by atoms with van der Waals surface area (Å²) in [6.07, 6.45) is -3.00. The van der Waals surface area contributed by atoms with Gasteiger partial charge in [-0.2, -0.15) is 8.78 Å². The van der Waals surface area contributed by atoms with Crippen molar-refractivity contribution in [3.63, 3.8) is 0 Å². The fourth-order valence-electron chi connectivity index (χ4n) is 1.57. The maximum absolute atomic E-state index is 12.0. The number of alkyl halides is 2. The summed E-state index contributed by atoms with van der Waals surface area (Å²) >= 11 is 0. The van der Waals surface area contributed by atoms with E-state index < -0.39 is 12.3 Å². The van der Waals surface area contributed by atoms with E-state index in [0.29, 0.717) is 5.69 Å². The van der Waals surface area contributed by atoms with E-state index in [2.05, 4.69) is 5.32 Å². The third-order valence-electron chi connectivity index (χ3n) is 2.46. The van der Waals surface area contributed by atoms with Crippen LogP contribution in [0.5, 0.6) is 0 Å². The lowest BCUT2D eigenvalue weighted by Gasteiger charge is -2.06. The van der Waals surface area contributed by atoms with Crippen LogP contribution in [0.4, 0.5) is 14.5 Å². The SMILES string of the molecule is O=C(Nc1ccc(-c2ccccc2)cc1)C(F)F. The van der Waals surface area contributed by atoms with Crippen molar-refractivity contribution in [2.24, 2.45) is 0 Å². The van der Waals surface area contributed by atoms with Crippen LogP contribution in [0, 0.1) is 0 Å². The van der Waals surface area contributed by atoms with Gasteiger partial charge in [0, 0.05) is 5.69 Å². The Balaban J connectivity index is 2.13. The first-order chi connectivity index (χ1) is 8.66. The molecule has 0 spiro atoms. The topological polar surface area (TPSA) is 29.1 Å². The minimum atomic E-state index is -3.00. The van der Waals surface area contributed by atoms with Gasteiger partial charge >= 0.3 is 6.43 Å². The smallest absolute Gasteiger partial charge is 0.315 e. The second kappa shape index (κ2) is 5.40. The third kappa shape index (κ3) is 2.91. The van der Waals surface area contributed by atoms with Gasteiger partial charge in [0.1, 0.15) is 0 Å². The molecule has 0 heterocycles. The number of carbonyl (C=O) groups excluding carboxylic acids is 1. The lowest BCUT2D eigenvalue weighted by molar-refractivity contribution is -0.126. The summed E-state index contributed by atoms with van der Waals surface area (Å²) in [7, 11) is 0. The molecule has 0 aliphatic rings. The summed E-state index contributed by atoms with van der Waals surface area (Å²) in [5, 5.41) is 2.13. The van der Waals surface area contributed by atoms with Gasteiger partial charge in [-0.15, -0.1) is 0 Å². The Morgan fingerprint density at radius 2 is 1.44 bits per heavy atom. The summed E-state index contributed by atoms with van der Waals surface area (Å²) in [5.74, 6) is -1.29. The van der Waals surface area contributed by atoms with E-state index in [-0.39, 0.29) is 0 Å². The van der Waals surface area contributed by atoms with Crippen LogP contribution < -0.4 is 5.32 Å². The van der Waals surface area contributed by atoms with Crippen LogP contribution in [0.2, 0.25) is 0 Å². The Hall–Kier alpha value is -2.23. The van der Waals surface area contributed by atoms with Crippen LogP contribution in [0.25, 0.3) is 11.1 Å². The van der Waals surface area contributed by atoms with Gasteiger partial charge in [-0.25, -0.2) is 0 Å². The molecule has 0 aliphatic heterocycles. The van der Waals surface area contributed by atoms with Crippen molar-refractivity contribution in [2.45, 2.75) is 6.43 Å². The first-order valence-corrected chi connectivity index (χ1v) is 5.41. The molecule has 2 aromatic carbocycles. The maximum Gasteiger partial charge on any atom is 0.315 e. The van der Waals surface area contributed by atoms with Gasteiger partial charge in [-0.3, -0.25) is 4.79 Å². The van der Waals surface area contributed by atoms with Crippen LogP contribution >= 0.6 is 0 Å². The standard InChI is InChI=1S/C14H11F2NO/c15-13(16)14(18)17-12-8-6-11(7-9-12)10-4-2-1-3-5-10/h1-9,13H,(H,17,18). The molecule has 0 saturated heterocycles. The molecule has 0 aromatic heterocycles. The molecule has 92 valence electrons. The molecule has 0 aliphatic carbocycles. The van der Waals surface area contributed by atoms with Crippen molar-refractivity contribution in [3.8, 4) is 11.1 Å². The van der Waals surface area contributed by atoms with Gasteiger partial charge in [0.25, 0.3) is 5.91 Å². The van der Waals surface area contributed by atoms with E-state index in [0.717, 1.165) is 11.1 Å². The lowest BCUT2D eigenvalue weighted by atomic mass is 10.1. The highest BCUT2D eigenvalue weighted by Crippen LogP contribution is 2.21. The minimum Gasteiger partial charge on any atom is -0.321 e. The number of nitrogens with one attached hydrogen (secondary N) is 1. The molecule has 2 aromatic rings. The van der Waals surface area contributed by atoms with Gasteiger partial charge in [0.05, 0.1) is 0 Å². The number of rotatable bonds is 3. The molecule has 1 N–H and O–H groups in total. The predicted octanol–water partition coefficient (Wildman–Crippen LogP) is 3.56. The number of halogens is 2. The van der Waals surface area contributed by atoms with E-state index >= 15 is 0 Å². The van der Waals surface area contributed by atoms with Crippen molar-refractivity contribution in [1.82, 2.24) is 0 Å². The number of carbonyl (C=O) groups is 1. The van der Waals surface area contributed by atoms with Crippen molar-refractivity contribution in [2.75, 3.05) is 5.32 Å². The first-order valence-electron chi connectivity index (χ1n) is 5.41. The Bertz CT molecular complexity index is 523. The van der Waals surface area contributed by atoms with Gasteiger partial charge < -0.3 is 5.32 Å². The molecule has 2 rings (SSSR count). The molecule has 1 amide bonds. The monoisotopic (exact) mass is 247 g/mol. The minimum absolute atomic E-state index is 0.361. The molecule has 0 unspecified atom stereocenters. The highest BCUT2D eigenvalue weighted by Gasteiger charge is 2.14. The molecular weight excluding hydrogens is 236 g/mol. The van der Waals surface area contributed by atoms with E-state index in [4.69, 9.17) is 0 Å². The molecule has 0 bridgehead atoms. The van der Waals surface area contributed by atoms with Crippen LogP contribution in [-0.2, 0) is 4.79 Å². The van der Waals surface area contributed by atoms with E-state index in [1.54, 1.807) is 24.3 Å². The number of hydrogen-bond donors (Lipinski definition) is 1. The normalized spacial score (nSPS) is 10.4. The van der Waals surface area contributed by atoms with Crippen molar-refractivity contribution >= 4 is 11.6 Å². The second-order valence-electron chi connectivity index (χ2n) is 3.73. The lowest BCUT2D eigenvalue weighted by Crippen LogP contribution is -2.19. The predicted molar refractivity (Wildman–Crippen MR) is 66.5 cm³/mol. The fraction of sp³-hybridized carbons (Fsp3) is 0.0714. The van der Waals surface area contributed by atoms with E-state index in [1.807, 2.05) is 30.3 Å². The molecule has 2 nitrogen and oxygen atoms in total. The Morgan fingerprint density at radius 3 is 2.00 bits per heavy atom. The molecule has 0 radical (unpaired) electrons. The summed E-state index contributed by atoms with van der Waals surface area (Å²) in [6.45, 7) is 0. The fourth-order valence-corrected chi connectivity index (χ4v) is 1.57. The number of hydrogen-bond acceptors (Lipinski definition) is 1. The zero-order valence-corrected chi connectivity index (χ0v) is 9.44. The highest BCUT2D eigenvalue weighted by molar-refractivity contribution is 5.93. The van der Waals surface area contributed by atoms with Crippen LogP contribution in [0.15, 0.2) is 54.6 Å². The molecular formula is C14H11F2NO. The largest absolute Gasteiger partial charge is 0.321 e. The van der Waals surface area contributed by atoms with E-state index in [1.165, 1.54) is 0 Å². The zero-order valence-electron chi connectivity index (χ0n) is 9.44. The molecule has 0 atom stereocenters. The quantitative estimate of drug-likeness (QED) is 0.882. The van der Waals surface area contributed by atoms with Gasteiger partial charge in [-0.1, -0.05) is 42.5 Å². The summed E-state index contributed by atoms with van der Waals surface area (Å²) < 4.78 is 24.1. The molecule has 0 fully saturated rings. The van der Waals surface area contributed by atoms with Gasteiger partial charge in [0.2, 0.25) is 0 Å². The average molecular weight is 247 g/mol. The summed E-state index contributed by atoms with van der Waals surface area (Å²) in [6, 6.07) is 16.4. The third-order valence-corrected chi connectivity index (χ3v) is 2.46.